The number of aromatic nitrogens is 1. The minimum absolute atomic E-state index is 0.0462. The van der Waals surface area contributed by atoms with E-state index < -0.39 is 0 Å². The van der Waals surface area contributed by atoms with Crippen LogP contribution in [0.15, 0.2) is 29.6 Å². The molecule has 0 fully saturated rings. The van der Waals surface area contributed by atoms with E-state index in [1.165, 1.54) is 5.01 Å². The van der Waals surface area contributed by atoms with Crippen molar-refractivity contribution in [1.29, 1.82) is 0 Å². The molecule has 0 saturated carbocycles. The lowest BCUT2D eigenvalue weighted by molar-refractivity contribution is 0.0952. The molecule has 0 atom stereocenters. The maximum Gasteiger partial charge on any atom is 0.251 e. The van der Waals surface area contributed by atoms with Crippen molar-refractivity contribution < 1.29 is 9.53 Å². The van der Waals surface area contributed by atoms with E-state index in [0.717, 1.165) is 30.7 Å². The van der Waals surface area contributed by atoms with Gasteiger partial charge in [-0.15, -0.1) is 11.3 Å². The molecule has 1 amide bonds. The number of benzene rings is 1. The quantitative estimate of drug-likeness (QED) is 0.691. The van der Waals surface area contributed by atoms with Gasteiger partial charge in [0.25, 0.3) is 5.91 Å². The normalized spacial score (nSPS) is 10.8. The fraction of sp³-hybridized carbons (Fsp3) is 0.474. The number of nitrogens with one attached hydrogen (secondary N) is 1. The molecule has 0 bridgehead atoms. The average molecular weight is 346 g/mol. The minimum Gasteiger partial charge on any atom is -0.493 e. The highest BCUT2D eigenvalue weighted by Gasteiger charge is 2.07. The number of rotatable bonds is 9. The van der Waals surface area contributed by atoms with Crippen LogP contribution in [0.25, 0.3) is 0 Å². The second-order valence-corrected chi connectivity index (χ2v) is 7.27. The van der Waals surface area contributed by atoms with E-state index in [0.29, 0.717) is 24.6 Å². The molecule has 2 rings (SSSR count). The van der Waals surface area contributed by atoms with Crippen LogP contribution in [0.3, 0.4) is 0 Å². The molecule has 1 aromatic heterocycles. The Bertz CT molecular complexity index is 652. The van der Waals surface area contributed by atoms with Gasteiger partial charge in [0.05, 0.1) is 11.6 Å². The van der Waals surface area contributed by atoms with Crippen molar-refractivity contribution in [3.05, 3.63) is 45.9 Å². The van der Waals surface area contributed by atoms with Crippen LogP contribution in [0, 0.1) is 12.8 Å². The Balaban J connectivity index is 1.71. The van der Waals surface area contributed by atoms with Gasteiger partial charge in [-0.1, -0.05) is 19.9 Å². The molecule has 1 N–H and O–H groups in total. The van der Waals surface area contributed by atoms with Crippen LogP contribution in [0.2, 0.25) is 0 Å². The van der Waals surface area contributed by atoms with Gasteiger partial charge in [-0.2, -0.15) is 0 Å². The molecule has 0 spiro atoms. The molecule has 1 aromatic carbocycles. The maximum atomic E-state index is 12.2. The van der Waals surface area contributed by atoms with Crippen LogP contribution in [0.1, 0.15) is 47.7 Å². The van der Waals surface area contributed by atoms with E-state index in [9.17, 15) is 4.79 Å². The molecule has 5 heteroatoms. The minimum atomic E-state index is -0.0462. The van der Waals surface area contributed by atoms with Crippen LogP contribution in [0.4, 0.5) is 0 Å². The lowest BCUT2D eigenvalue weighted by Crippen LogP contribution is -2.24. The molecule has 2 aromatic rings. The highest BCUT2D eigenvalue weighted by atomic mass is 32.1. The highest BCUT2D eigenvalue weighted by Crippen LogP contribution is 2.15. The lowest BCUT2D eigenvalue weighted by atomic mass is 10.2. The van der Waals surface area contributed by atoms with E-state index in [-0.39, 0.29) is 5.91 Å². The van der Waals surface area contributed by atoms with Gasteiger partial charge in [0.2, 0.25) is 0 Å². The first-order valence-electron chi connectivity index (χ1n) is 8.46. The van der Waals surface area contributed by atoms with Crippen molar-refractivity contribution in [1.82, 2.24) is 10.3 Å². The summed E-state index contributed by atoms with van der Waals surface area (Å²) in [5.41, 5.74) is 1.73. The summed E-state index contributed by atoms with van der Waals surface area (Å²) in [6.07, 6.45) is 2.96. The molecule has 0 aliphatic rings. The Morgan fingerprint density at radius 2 is 2.17 bits per heavy atom. The standard InChI is InChI=1S/C19H26N2O2S/c1-14(2)12-23-17-8-6-7-16(11-17)19(22)20-10-5-4-9-18-21-15(3)13-24-18/h6-8,11,13-14H,4-5,9-10,12H2,1-3H3,(H,20,22). The molecule has 0 saturated heterocycles. The number of hydrogen-bond acceptors (Lipinski definition) is 4. The zero-order chi connectivity index (χ0) is 17.4. The lowest BCUT2D eigenvalue weighted by Gasteiger charge is -2.10. The third kappa shape index (κ3) is 6.32. The highest BCUT2D eigenvalue weighted by molar-refractivity contribution is 7.09. The Kier molecular flexibility index (Phi) is 7.25. The number of ether oxygens (including phenoxy) is 1. The van der Waals surface area contributed by atoms with E-state index in [1.54, 1.807) is 17.4 Å². The van der Waals surface area contributed by atoms with Gasteiger partial charge in [-0.05, 0) is 50.3 Å². The van der Waals surface area contributed by atoms with Gasteiger partial charge >= 0.3 is 0 Å². The Morgan fingerprint density at radius 1 is 1.33 bits per heavy atom. The van der Waals surface area contributed by atoms with Crippen molar-refractivity contribution in [2.75, 3.05) is 13.2 Å². The number of aryl methyl sites for hydroxylation is 2. The monoisotopic (exact) mass is 346 g/mol. The Morgan fingerprint density at radius 3 is 2.88 bits per heavy atom. The molecule has 24 heavy (non-hydrogen) atoms. The van der Waals surface area contributed by atoms with Gasteiger partial charge in [0.1, 0.15) is 5.75 Å². The SMILES string of the molecule is Cc1csc(CCCCNC(=O)c2cccc(OCC(C)C)c2)n1. The van der Waals surface area contributed by atoms with E-state index in [2.05, 4.69) is 29.5 Å². The van der Waals surface area contributed by atoms with Crippen molar-refractivity contribution in [3.63, 3.8) is 0 Å². The summed E-state index contributed by atoms with van der Waals surface area (Å²) >= 11 is 1.71. The Hall–Kier alpha value is -1.88. The molecule has 0 radical (unpaired) electrons. The summed E-state index contributed by atoms with van der Waals surface area (Å²) in [6, 6.07) is 7.36. The summed E-state index contributed by atoms with van der Waals surface area (Å²) in [7, 11) is 0. The Labute approximate surface area is 148 Å². The van der Waals surface area contributed by atoms with E-state index in [4.69, 9.17) is 4.74 Å². The molecule has 1 heterocycles. The smallest absolute Gasteiger partial charge is 0.251 e. The first-order chi connectivity index (χ1) is 11.5. The van der Waals surface area contributed by atoms with Crippen molar-refractivity contribution in [3.8, 4) is 5.75 Å². The fourth-order valence-electron chi connectivity index (χ4n) is 2.21. The number of carbonyl (C=O) groups is 1. The van der Waals surface area contributed by atoms with Crippen LogP contribution in [-0.2, 0) is 6.42 Å². The summed E-state index contributed by atoms with van der Waals surface area (Å²) in [5, 5.41) is 6.22. The van der Waals surface area contributed by atoms with Crippen molar-refractivity contribution >= 4 is 17.2 Å². The predicted octanol–water partition coefficient (Wildman–Crippen LogP) is 4.24. The first kappa shape index (κ1) is 18.5. The number of thiazole rings is 1. The molecule has 4 nitrogen and oxygen atoms in total. The van der Waals surface area contributed by atoms with Gasteiger partial charge in [-0.3, -0.25) is 4.79 Å². The van der Waals surface area contributed by atoms with Crippen molar-refractivity contribution in [2.24, 2.45) is 5.92 Å². The second kappa shape index (κ2) is 9.42. The van der Waals surface area contributed by atoms with Gasteiger partial charge < -0.3 is 10.1 Å². The van der Waals surface area contributed by atoms with Crippen LogP contribution >= 0.6 is 11.3 Å². The van der Waals surface area contributed by atoms with Crippen LogP contribution < -0.4 is 10.1 Å². The third-order valence-corrected chi connectivity index (χ3v) is 4.48. The predicted molar refractivity (Wildman–Crippen MR) is 98.9 cm³/mol. The topological polar surface area (TPSA) is 51.2 Å². The fourth-order valence-corrected chi connectivity index (χ4v) is 3.03. The average Bonchev–Trinajstić information content (AvgIpc) is 2.98. The zero-order valence-corrected chi connectivity index (χ0v) is 15.5. The largest absolute Gasteiger partial charge is 0.493 e. The first-order valence-corrected chi connectivity index (χ1v) is 9.34. The van der Waals surface area contributed by atoms with Crippen molar-refractivity contribution in [2.45, 2.75) is 40.0 Å². The zero-order valence-electron chi connectivity index (χ0n) is 14.7. The number of nitrogens with zero attached hydrogens (tertiary/aromatic N) is 1. The number of unbranched alkanes of at least 4 members (excludes halogenated alkanes) is 1. The summed E-state index contributed by atoms with van der Waals surface area (Å²) < 4.78 is 5.67. The van der Waals surface area contributed by atoms with E-state index >= 15 is 0 Å². The van der Waals surface area contributed by atoms with Crippen LogP contribution in [-0.4, -0.2) is 24.0 Å². The molecule has 0 aliphatic heterocycles. The third-order valence-electron chi connectivity index (χ3n) is 3.45. The van der Waals surface area contributed by atoms with Gasteiger partial charge in [-0.25, -0.2) is 4.98 Å². The van der Waals surface area contributed by atoms with E-state index in [1.807, 2.05) is 25.1 Å². The summed E-state index contributed by atoms with van der Waals surface area (Å²) in [5.74, 6) is 1.16. The molecular weight excluding hydrogens is 320 g/mol. The number of carbonyl (C=O) groups excluding carboxylic acids is 1. The maximum absolute atomic E-state index is 12.2. The summed E-state index contributed by atoms with van der Waals surface area (Å²) in [4.78, 5) is 16.6. The molecule has 0 unspecified atom stereocenters. The van der Waals surface area contributed by atoms with Gasteiger partial charge in [0.15, 0.2) is 0 Å². The second-order valence-electron chi connectivity index (χ2n) is 6.33. The molecule has 0 aliphatic carbocycles. The van der Waals surface area contributed by atoms with Crippen LogP contribution in [0.5, 0.6) is 5.75 Å². The van der Waals surface area contributed by atoms with Gasteiger partial charge in [0, 0.05) is 23.2 Å². The molecular formula is C19H26N2O2S. The number of amides is 1. The molecule has 130 valence electrons. The number of hydrogen-bond donors (Lipinski definition) is 1. The summed E-state index contributed by atoms with van der Waals surface area (Å²) in [6.45, 7) is 7.55.